The molecule has 0 unspecified atom stereocenters. The molecule has 0 spiro atoms. The molecule has 1 aliphatic heterocycles. The third-order valence-electron chi connectivity index (χ3n) is 3.88. The van der Waals surface area contributed by atoms with Crippen molar-refractivity contribution < 1.29 is 9.47 Å². The van der Waals surface area contributed by atoms with Crippen LogP contribution in [-0.2, 0) is 22.5 Å². The van der Waals surface area contributed by atoms with Crippen LogP contribution >= 0.6 is 0 Å². The van der Waals surface area contributed by atoms with Gasteiger partial charge < -0.3 is 14.8 Å². The Bertz CT molecular complexity index is 397. The lowest BCUT2D eigenvalue weighted by atomic mass is 10.0. The van der Waals surface area contributed by atoms with E-state index in [1.54, 1.807) is 0 Å². The van der Waals surface area contributed by atoms with Crippen LogP contribution in [-0.4, -0.2) is 32.4 Å². The number of ether oxygens (including phenoxy) is 2. The number of morpholine rings is 1. The quantitative estimate of drug-likeness (QED) is 0.851. The Morgan fingerprint density at radius 3 is 2.79 bits per heavy atom. The Morgan fingerprint density at radius 1 is 1.21 bits per heavy atom. The van der Waals surface area contributed by atoms with Crippen molar-refractivity contribution in [1.29, 1.82) is 0 Å². The first-order chi connectivity index (χ1) is 9.42. The van der Waals surface area contributed by atoms with Crippen LogP contribution in [0.15, 0.2) is 24.3 Å². The first-order valence-corrected chi connectivity index (χ1v) is 7.38. The second-order valence-electron chi connectivity index (χ2n) is 5.63. The molecule has 0 bridgehead atoms. The highest BCUT2D eigenvalue weighted by molar-refractivity contribution is 5.27. The van der Waals surface area contributed by atoms with Crippen LogP contribution < -0.4 is 5.32 Å². The van der Waals surface area contributed by atoms with Crippen molar-refractivity contribution in [2.24, 2.45) is 5.92 Å². The van der Waals surface area contributed by atoms with Gasteiger partial charge in [-0.05, 0) is 29.9 Å². The maximum Gasteiger partial charge on any atom is 0.0740 e. The highest BCUT2D eigenvalue weighted by Gasteiger charge is 2.21. The lowest BCUT2D eigenvalue weighted by molar-refractivity contribution is 0.0287. The van der Waals surface area contributed by atoms with Gasteiger partial charge in [-0.3, -0.25) is 0 Å². The number of rotatable bonds is 6. The molecule has 1 N–H and O–H groups in total. The number of hydrogen-bond donors (Lipinski definition) is 1. The Hall–Kier alpha value is -0.900. The molecule has 0 aromatic heterocycles. The average molecular weight is 261 g/mol. The van der Waals surface area contributed by atoms with E-state index in [0.717, 1.165) is 45.2 Å². The van der Waals surface area contributed by atoms with E-state index in [2.05, 4.69) is 29.6 Å². The van der Waals surface area contributed by atoms with Gasteiger partial charge in [0.05, 0.1) is 19.3 Å². The minimum Gasteiger partial charge on any atom is -0.376 e. The second-order valence-corrected chi connectivity index (χ2v) is 5.63. The predicted octanol–water partition coefficient (Wildman–Crippen LogP) is 2.14. The molecule has 0 amide bonds. The fourth-order valence-electron chi connectivity index (χ4n) is 2.51. The minimum absolute atomic E-state index is 0.304. The summed E-state index contributed by atoms with van der Waals surface area (Å²) in [4.78, 5) is 0. The van der Waals surface area contributed by atoms with Crippen LogP contribution in [0.1, 0.15) is 24.0 Å². The summed E-state index contributed by atoms with van der Waals surface area (Å²) in [6, 6.07) is 8.58. The lowest BCUT2D eigenvalue weighted by Gasteiger charge is -2.24. The molecule has 1 saturated carbocycles. The Morgan fingerprint density at radius 2 is 2.05 bits per heavy atom. The summed E-state index contributed by atoms with van der Waals surface area (Å²) >= 11 is 0. The van der Waals surface area contributed by atoms with Crippen LogP contribution in [0.4, 0.5) is 0 Å². The molecule has 2 fully saturated rings. The van der Waals surface area contributed by atoms with Crippen LogP contribution in [0.2, 0.25) is 0 Å². The number of nitrogens with one attached hydrogen (secondary N) is 1. The molecule has 0 radical (unpaired) electrons. The maximum atomic E-state index is 5.82. The molecule has 19 heavy (non-hydrogen) atoms. The minimum atomic E-state index is 0.304. The summed E-state index contributed by atoms with van der Waals surface area (Å²) in [5.74, 6) is 0.832. The molecule has 3 nitrogen and oxygen atoms in total. The van der Waals surface area contributed by atoms with Crippen molar-refractivity contribution in [2.75, 3.05) is 26.3 Å². The molecule has 1 saturated heterocycles. The third kappa shape index (κ3) is 4.03. The summed E-state index contributed by atoms with van der Waals surface area (Å²) in [6.45, 7) is 4.42. The zero-order chi connectivity index (χ0) is 12.9. The zero-order valence-electron chi connectivity index (χ0n) is 11.4. The summed E-state index contributed by atoms with van der Waals surface area (Å²) in [7, 11) is 0. The highest BCUT2D eigenvalue weighted by Crippen LogP contribution is 2.29. The highest BCUT2D eigenvalue weighted by atomic mass is 16.5. The summed E-state index contributed by atoms with van der Waals surface area (Å²) in [6.07, 6.45) is 3.99. The molecule has 1 atom stereocenters. The smallest absolute Gasteiger partial charge is 0.0740 e. The maximum absolute atomic E-state index is 5.82. The monoisotopic (exact) mass is 261 g/mol. The van der Waals surface area contributed by atoms with Crippen molar-refractivity contribution >= 4 is 0 Å². The van der Waals surface area contributed by atoms with Crippen molar-refractivity contribution in [3.05, 3.63) is 35.4 Å². The zero-order valence-corrected chi connectivity index (χ0v) is 11.4. The SMILES string of the molecule is c1ccc(C[C@H]2CNCCO2)c(COCC2CC2)c1. The molecule has 3 heteroatoms. The van der Waals surface area contributed by atoms with E-state index >= 15 is 0 Å². The summed E-state index contributed by atoms with van der Waals surface area (Å²) < 4.78 is 11.6. The van der Waals surface area contributed by atoms with Crippen molar-refractivity contribution in [3.8, 4) is 0 Å². The van der Waals surface area contributed by atoms with E-state index in [9.17, 15) is 0 Å². The molecule has 1 heterocycles. The standard InChI is InChI=1S/C16H23NO2/c1-2-4-15(12-18-11-13-5-6-13)14(3-1)9-16-10-17-7-8-19-16/h1-4,13,16-17H,5-12H2/t16-/m0/s1. The van der Waals surface area contributed by atoms with E-state index in [0.29, 0.717) is 6.10 Å². The van der Waals surface area contributed by atoms with E-state index < -0.39 is 0 Å². The first kappa shape index (κ1) is 13.1. The van der Waals surface area contributed by atoms with E-state index in [-0.39, 0.29) is 0 Å². The predicted molar refractivity (Wildman–Crippen MR) is 75.1 cm³/mol. The van der Waals surface area contributed by atoms with Crippen molar-refractivity contribution in [2.45, 2.75) is 32.0 Å². The molecular weight excluding hydrogens is 238 g/mol. The van der Waals surface area contributed by atoms with Gasteiger partial charge in [0.15, 0.2) is 0 Å². The molecule has 3 rings (SSSR count). The van der Waals surface area contributed by atoms with Gasteiger partial charge in [-0.2, -0.15) is 0 Å². The van der Waals surface area contributed by atoms with Gasteiger partial charge in [0.25, 0.3) is 0 Å². The number of hydrogen-bond acceptors (Lipinski definition) is 3. The molecule has 1 aliphatic carbocycles. The largest absolute Gasteiger partial charge is 0.376 e. The van der Waals surface area contributed by atoms with Crippen LogP contribution in [0.25, 0.3) is 0 Å². The van der Waals surface area contributed by atoms with Gasteiger partial charge in [-0.25, -0.2) is 0 Å². The van der Waals surface area contributed by atoms with E-state index in [1.165, 1.54) is 24.0 Å². The van der Waals surface area contributed by atoms with Crippen LogP contribution in [0, 0.1) is 5.92 Å². The second kappa shape index (κ2) is 6.51. The molecule has 104 valence electrons. The van der Waals surface area contributed by atoms with Gasteiger partial charge in [0.2, 0.25) is 0 Å². The molecule has 1 aromatic rings. The van der Waals surface area contributed by atoms with E-state index in [1.807, 2.05) is 0 Å². The first-order valence-electron chi connectivity index (χ1n) is 7.38. The van der Waals surface area contributed by atoms with Gasteiger partial charge in [-0.1, -0.05) is 24.3 Å². The number of benzene rings is 1. The van der Waals surface area contributed by atoms with Crippen LogP contribution in [0.5, 0.6) is 0 Å². The Balaban J connectivity index is 1.55. The third-order valence-corrected chi connectivity index (χ3v) is 3.88. The van der Waals surface area contributed by atoms with Gasteiger partial charge in [-0.15, -0.1) is 0 Å². The van der Waals surface area contributed by atoms with Crippen molar-refractivity contribution in [3.63, 3.8) is 0 Å². The summed E-state index contributed by atoms with van der Waals surface area (Å²) in [5.41, 5.74) is 2.68. The fraction of sp³-hybridized carbons (Fsp3) is 0.625. The topological polar surface area (TPSA) is 30.5 Å². The molecule has 2 aliphatic rings. The van der Waals surface area contributed by atoms with Crippen LogP contribution in [0.3, 0.4) is 0 Å². The molecular formula is C16H23NO2. The fourth-order valence-corrected chi connectivity index (χ4v) is 2.51. The van der Waals surface area contributed by atoms with Crippen molar-refractivity contribution in [1.82, 2.24) is 5.32 Å². The Labute approximate surface area is 115 Å². The normalized spacial score (nSPS) is 23.5. The van der Waals surface area contributed by atoms with Gasteiger partial charge >= 0.3 is 0 Å². The average Bonchev–Trinajstić information content (AvgIpc) is 3.26. The lowest BCUT2D eigenvalue weighted by Crippen LogP contribution is -2.39. The Kier molecular flexibility index (Phi) is 4.49. The van der Waals surface area contributed by atoms with Gasteiger partial charge in [0.1, 0.15) is 0 Å². The van der Waals surface area contributed by atoms with Gasteiger partial charge in [0, 0.05) is 26.1 Å². The molecule has 1 aromatic carbocycles. The van der Waals surface area contributed by atoms with E-state index in [4.69, 9.17) is 9.47 Å². The summed E-state index contributed by atoms with van der Waals surface area (Å²) in [5, 5.41) is 3.38.